The topological polar surface area (TPSA) is 3.24 Å². The number of hydrogen-bond donors (Lipinski definition) is 0. The molecule has 0 aromatic heterocycles. The second-order valence-electron chi connectivity index (χ2n) is 10.2. The Morgan fingerprint density at radius 1 is 0.317 bits per heavy atom. The molecular formula is C40H29N. The summed E-state index contributed by atoms with van der Waals surface area (Å²) < 4.78 is 0. The number of nitrogens with zero attached hydrogens (tertiary/aromatic N) is 1. The molecule has 0 fully saturated rings. The Kier molecular flexibility index (Phi) is 6.61. The van der Waals surface area contributed by atoms with Crippen LogP contribution >= 0.6 is 0 Å². The van der Waals surface area contributed by atoms with Gasteiger partial charge in [0.25, 0.3) is 0 Å². The molecule has 41 heavy (non-hydrogen) atoms. The molecular weight excluding hydrogens is 494 g/mol. The number of benzene rings is 7. The highest BCUT2D eigenvalue weighted by atomic mass is 15.1. The summed E-state index contributed by atoms with van der Waals surface area (Å²) in [6.45, 7) is 0. The van der Waals surface area contributed by atoms with Crippen molar-refractivity contribution in [3.8, 4) is 33.4 Å². The van der Waals surface area contributed by atoms with Crippen molar-refractivity contribution >= 4 is 27.8 Å². The van der Waals surface area contributed by atoms with Gasteiger partial charge in [-0.05, 0) is 80.6 Å². The lowest BCUT2D eigenvalue weighted by molar-refractivity contribution is 1.28. The first kappa shape index (κ1) is 24.6. The Hall–Kier alpha value is -5.40. The van der Waals surface area contributed by atoms with E-state index >= 15 is 0 Å². The van der Waals surface area contributed by atoms with E-state index in [4.69, 9.17) is 0 Å². The van der Waals surface area contributed by atoms with Gasteiger partial charge in [-0.1, -0.05) is 140 Å². The fraction of sp³-hybridized carbons (Fsp3) is 0. The van der Waals surface area contributed by atoms with Gasteiger partial charge in [-0.25, -0.2) is 0 Å². The summed E-state index contributed by atoms with van der Waals surface area (Å²) in [4.78, 5) is 2.33. The van der Waals surface area contributed by atoms with Crippen LogP contribution < -0.4 is 4.90 Å². The fourth-order valence-corrected chi connectivity index (χ4v) is 5.70. The fourth-order valence-electron chi connectivity index (χ4n) is 5.70. The number of fused-ring (bicyclic) bond motifs is 1. The number of para-hydroxylation sites is 1. The van der Waals surface area contributed by atoms with Crippen LogP contribution in [0.4, 0.5) is 17.1 Å². The zero-order chi connectivity index (χ0) is 27.4. The van der Waals surface area contributed by atoms with Gasteiger partial charge < -0.3 is 4.90 Å². The molecule has 0 N–H and O–H groups in total. The van der Waals surface area contributed by atoms with E-state index in [0.717, 1.165) is 17.1 Å². The van der Waals surface area contributed by atoms with Crippen LogP contribution in [0.25, 0.3) is 44.2 Å². The molecule has 7 aromatic rings. The molecule has 0 heterocycles. The Bertz CT molecular complexity index is 1910. The van der Waals surface area contributed by atoms with E-state index in [9.17, 15) is 0 Å². The van der Waals surface area contributed by atoms with Gasteiger partial charge in [0.2, 0.25) is 0 Å². The highest BCUT2D eigenvalue weighted by Gasteiger charge is 2.15. The van der Waals surface area contributed by atoms with E-state index in [-0.39, 0.29) is 0 Å². The maximum absolute atomic E-state index is 2.33. The highest BCUT2D eigenvalue weighted by molar-refractivity contribution is 6.04. The lowest BCUT2D eigenvalue weighted by Gasteiger charge is -2.26. The van der Waals surface area contributed by atoms with Crippen LogP contribution in [0.5, 0.6) is 0 Å². The third-order valence-corrected chi connectivity index (χ3v) is 7.65. The van der Waals surface area contributed by atoms with Crippen molar-refractivity contribution in [3.63, 3.8) is 0 Å². The van der Waals surface area contributed by atoms with Crippen molar-refractivity contribution in [3.05, 3.63) is 176 Å². The second-order valence-corrected chi connectivity index (χ2v) is 10.2. The minimum Gasteiger partial charge on any atom is -0.310 e. The van der Waals surface area contributed by atoms with Crippen molar-refractivity contribution in [2.45, 2.75) is 0 Å². The van der Waals surface area contributed by atoms with E-state index < -0.39 is 0 Å². The maximum atomic E-state index is 2.33. The maximum Gasteiger partial charge on any atom is 0.0467 e. The predicted octanol–water partition coefficient (Wildman–Crippen LogP) is 11.3. The minimum atomic E-state index is 1.12. The minimum absolute atomic E-state index is 1.12. The molecule has 0 aliphatic rings. The van der Waals surface area contributed by atoms with Crippen molar-refractivity contribution in [1.82, 2.24) is 0 Å². The van der Waals surface area contributed by atoms with E-state index in [1.807, 2.05) is 0 Å². The summed E-state index contributed by atoms with van der Waals surface area (Å²) in [7, 11) is 0. The Morgan fingerprint density at radius 2 is 0.878 bits per heavy atom. The molecule has 7 aromatic carbocycles. The van der Waals surface area contributed by atoms with Crippen molar-refractivity contribution < 1.29 is 0 Å². The van der Waals surface area contributed by atoms with Gasteiger partial charge in [0.15, 0.2) is 0 Å². The van der Waals surface area contributed by atoms with Crippen LogP contribution in [0.15, 0.2) is 176 Å². The molecule has 7 rings (SSSR count). The first-order valence-electron chi connectivity index (χ1n) is 14.0. The van der Waals surface area contributed by atoms with Gasteiger partial charge in [-0.3, -0.25) is 0 Å². The van der Waals surface area contributed by atoms with Gasteiger partial charge in [0.05, 0.1) is 0 Å². The average Bonchev–Trinajstić information content (AvgIpc) is 3.06. The van der Waals surface area contributed by atoms with Crippen molar-refractivity contribution in [2.24, 2.45) is 0 Å². The zero-order valence-electron chi connectivity index (χ0n) is 22.7. The van der Waals surface area contributed by atoms with Crippen LogP contribution in [0.2, 0.25) is 0 Å². The van der Waals surface area contributed by atoms with Gasteiger partial charge in [0.1, 0.15) is 0 Å². The molecule has 0 amide bonds. The first-order chi connectivity index (χ1) is 20.3. The molecule has 1 heteroatoms. The van der Waals surface area contributed by atoms with Crippen LogP contribution in [-0.4, -0.2) is 0 Å². The number of hydrogen-bond acceptors (Lipinski definition) is 1. The van der Waals surface area contributed by atoms with Crippen LogP contribution in [0.1, 0.15) is 0 Å². The van der Waals surface area contributed by atoms with Crippen LogP contribution in [-0.2, 0) is 0 Å². The van der Waals surface area contributed by atoms with Crippen LogP contribution in [0.3, 0.4) is 0 Å². The monoisotopic (exact) mass is 523 g/mol. The Balaban J connectivity index is 1.34. The number of anilines is 3. The molecule has 0 aliphatic carbocycles. The third kappa shape index (κ3) is 4.90. The smallest absolute Gasteiger partial charge is 0.0467 e. The van der Waals surface area contributed by atoms with E-state index in [2.05, 4.69) is 181 Å². The average molecular weight is 524 g/mol. The molecule has 0 saturated heterocycles. The molecule has 0 atom stereocenters. The predicted molar refractivity (Wildman–Crippen MR) is 175 cm³/mol. The zero-order valence-corrected chi connectivity index (χ0v) is 22.7. The second kappa shape index (κ2) is 11.0. The molecule has 194 valence electrons. The molecule has 0 aliphatic heterocycles. The van der Waals surface area contributed by atoms with Gasteiger partial charge >= 0.3 is 0 Å². The molecule has 0 bridgehead atoms. The van der Waals surface area contributed by atoms with Crippen molar-refractivity contribution in [1.29, 1.82) is 0 Å². The van der Waals surface area contributed by atoms with E-state index in [1.54, 1.807) is 0 Å². The third-order valence-electron chi connectivity index (χ3n) is 7.65. The standard InChI is InChI=1S/C40H29N/c1-4-13-30(14-5-1)34-18-12-21-37(29-34)41(35-19-8-3-9-20-35)36-26-23-32(24-27-36)39-28-25-31-15-10-11-22-38(31)40(39)33-16-6-2-7-17-33/h1-29H. The largest absolute Gasteiger partial charge is 0.310 e. The van der Waals surface area contributed by atoms with Gasteiger partial charge in [-0.15, -0.1) is 0 Å². The molecule has 0 unspecified atom stereocenters. The summed E-state index contributed by atoms with van der Waals surface area (Å²) in [6.07, 6.45) is 0. The quantitative estimate of drug-likeness (QED) is 0.209. The highest BCUT2D eigenvalue weighted by Crippen LogP contribution is 2.41. The van der Waals surface area contributed by atoms with Gasteiger partial charge in [0, 0.05) is 17.1 Å². The van der Waals surface area contributed by atoms with E-state index in [0.29, 0.717) is 0 Å². The summed E-state index contributed by atoms with van der Waals surface area (Å²) in [5.41, 5.74) is 10.7. The molecule has 1 nitrogen and oxygen atoms in total. The lowest BCUT2D eigenvalue weighted by Crippen LogP contribution is -2.09. The van der Waals surface area contributed by atoms with Crippen LogP contribution in [0, 0.1) is 0 Å². The summed E-state index contributed by atoms with van der Waals surface area (Å²) in [5.74, 6) is 0. The lowest BCUT2D eigenvalue weighted by atomic mass is 9.90. The Labute approximate surface area is 241 Å². The van der Waals surface area contributed by atoms with Gasteiger partial charge in [-0.2, -0.15) is 0 Å². The summed E-state index contributed by atoms with van der Waals surface area (Å²) >= 11 is 0. The summed E-state index contributed by atoms with van der Waals surface area (Å²) in [5, 5.41) is 2.52. The number of rotatable bonds is 6. The molecule has 0 spiro atoms. The van der Waals surface area contributed by atoms with Crippen molar-refractivity contribution in [2.75, 3.05) is 4.90 Å². The Morgan fingerprint density at radius 3 is 1.61 bits per heavy atom. The van der Waals surface area contributed by atoms with E-state index in [1.165, 1.54) is 44.2 Å². The summed E-state index contributed by atoms with van der Waals surface area (Å²) in [6, 6.07) is 62.8. The molecule has 0 radical (unpaired) electrons. The normalized spacial score (nSPS) is 10.9. The SMILES string of the molecule is c1ccc(-c2cccc(N(c3ccccc3)c3ccc(-c4ccc5ccccc5c4-c4ccccc4)cc3)c2)cc1. The first-order valence-corrected chi connectivity index (χ1v) is 14.0. The molecule has 0 saturated carbocycles.